The van der Waals surface area contributed by atoms with E-state index in [1.165, 1.54) is 254 Å². The van der Waals surface area contributed by atoms with Crippen LogP contribution in [0.2, 0.25) is 39.3 Å². The Bertz CT molecular complexity index is 3970. The highest BCUT2D eigenvalue weighted by Gasteiger charge is 2.36. The number of hydrogen-bond donors (Lipinski definition) is 0. The summed E-state index contributed by atoms with van der Waals surface area (Å²) in [5.41, 5.74) is 41.0. The van der Waals surface area contributed by atoms with Gasteiger partial charge in [0, 0.05) is 14.3 Å². The molecule has 2 aliphatic rings. The molecule has 0 spiro atoms. The van der Waals surface area contributed by atoms with E-state index in [4.69, 9.17) is 0 Å². The monoisotopic (exact) mass is 2140 g/mol. The molecule has 0 nitrogen and oxygen atoms in total. The fourth-order valence-electron chi connectivity index (χ4n) is 18.9. The molecule has 0 saturated carbocycles. The van der Waals surface area contributed by atoms with Gasteiger partial charge in [0.05, 0.1) is 16.1 Å². The van der Waals surface area contributed by atoms with Crippen LogP contribution >= 0.6 is 136 Å². The molecule has 7 aromatic rings. The largest absolute Gasteiger partial charge is 0.0858 e. The molecular weight excluding hydrogens is 1990 g/mol. The van der Waals surface area contributed by atoms with Gasteiger partial charge in [-0.25, -0.2) is 0 Å². The second-order valence-electron chi connectivity index (χ2n) is 33.7. The highest BCUT2D eigenvalue weighted by atomic mass is 127. The molecule has 0 radical (unpaired) electrons. The molecule has 8 heteroatoms. The zero-order chi connectivity index (χ0) is 78.1. The molecule has 9 rings (SSSR count). The first kappa shape index (κ1) is 92.8. The Morgan fingerprint density at radius 2 is 0.396 bits per heavy atom. The Morgan fingerprint density at radius 3 is 0.594 bits per heavy atom. The summed E-state index contributed by atoms with van der Waals surface area (Å²) in [7, 11) is -2.78. The Balaban J connectivity index is 0.000000236. The molecule has 584 valence electrons. The lowest BCUT2D eigenvalue weighted by atomic mass is 9.73. The van der Waals surface area contributed by atoms with Gasteiger partial charge in [-0.1, -0.05) is 298 Å². The van der Waals surface area contributed by atoms with E-state index in [-0.39, 0.29) is 0 Å². The van der Waals surface area contributed by atoms with Crippen LogP contribution < -0.4 is 0 Å². The second-order valence-corrected chi connectivity index (χ2v) is 52.4. The number of halogens is 6. The lowest BCUT2D eigenvalue weighted by Gasteiger charge is -2.35. The number of allylic oxidation sites excluding steroid dienone is 2. The molecule has 0 unspecified atom stereocenters. The van der Waals surface area contributed by atoms with Crippen molar-refractivity contribution in [2.24, 2.45) is 0 Å². The van der Waals surface area contributed by atoms with E-state index in [9.17, 15) is 0 Å². The zero-order valence-electron chi connectivity index (χ0n) is 71.0. The number of aryl methyl sites for hydroxylation is 4. The maximum atomic E-state index is 2.77. The Kier molecular flexibility index (Phi) is 38.6. The molecule has 0 bridgehead atoms. The highest BCUT2D eigenvalue weighted by molar-refractivity contribution is 14.1. The molecular formula is C98H142I6Si2. The van der Waals surface area contributed by atoms with Crippen LogP contribution in [0, 0.1) is 14.3 Å². The van der Waals surface area contributed by atoms with Crippen molar-refractivity contribution in [1.29, 1.82) is 0 Å². The topological polar surface area (TPSA) is 0 Å². The van der Waals surface area contributed by atoms with Crippen molar-refractivity contribution in [1.82, 2.24) is 0 Å². The maximum Gasteiger partial charge on any atom is 0.0858 e. The predicted octanol–water partition coefficient (Wildman–Crippen LogP) is 32.9. The summed E-state index contributed by atoms with van der Waals surface area (Å²) in [6.07, 6.45) is 44.0. The summed E-state index contributed by atoms with van der Waals surface area (Å²) in [5, 5.41) is 9.20. The van der Waals surface area contributed by atoms with Gasteiger partial charge in [0.15, 0.2) is 0 Å². The third-order valence-corrected chi connectivity index (χ3v) is 42.6. The summed E-state index contributed by atoms with van der Waals surface area (Å²) in [4.78, 5) is 0. The zero-order valence-corrected chi connectivity index (χ0v) is 86.0. The third kappa shape index (κ3) is 21.1. The Labute approximate surface area is 734 Å². The molecule has 0 amide bonds. The van der Waals surface area contributed by atoms with E-state index in [1.807, 2.05) is 0 Å². The summed E-state index contributed by atoms with van der Waals surface area (Å²) < 4.78 is 9.26. The van der Waals surface area contributed by atoms with Gasteiger partial charge in [0.1, 0.15) is 0 Å². The SMILES string of the molecule is CCCc1c(CCC)c(CCC)c2c(c1CCC)CC(=C(/I)[Si](C)(C)C)/C(=C(\I)[Si](C)(C)C)C2.CCCc1c(CCC)c(CCC)c2c(c1CCC)Cc1c(c(I)c3cc4c(CCC)c(CCC)c(CCC)c(CCC)c4cc3c1I)C2.CCCc1c(CCC)c(CCC)c2cc(I)c(I)cc2c1CCC. The Hall–Kier alpha value is -0.386. The number of hydrogen-bond acceptors (Lipinski definition) is 0. The first-order valence-corrected chi connectivity index (χ1v) is 56.7. The smallest absolute Gasteiger partial charge is 0.0652 e. The van der Waals surface area contributed by atoms with Crippen LogP contribution in [0.15, 0.2) is 41.8 Å². The average molecular weight is 2140 g/mol. The van der Waals surface area contributed by atoms with Gasteiger partial charge in [0.2, 0.25) is 0 Å². The van der Waals surface area contributed by atoms with Gasteiger partial charge in [-0.2, -0.15) is 0 Å². The van der Waals surface area contributed by atoms with Crippen LogP contribution in [0.25, 0.3) is 32.3 Å². The average Bonchev–Trinajstić information content (AvgIpc) is 0.725. The van der Waals surface area contributed by atoms with Crippen LogP contribution in [0.5, 0.6) is 0 Å². The van der Waals surface area contributed by atoms with E-state index in [1.54, 1.807) is 151 Å². The molecule has 0 atom stereocenters. The van der Waals surface area contributed by atoms with Gasteiger partial charge in [-0.3, -0.25) is 0 Å². The summed E-state index contributed by atoms with van der Waals surface area (Å²) >= 11 is 16.1. The lowest BCUT2D eigenvalue weighted by Crippen LogP contribution is -2.29. The molecule has 0 aromatic heterocycles. The van der Waals surface area contributed by atoms with Crippen molar-refractivity contribution in [3.8, 4) is 0 Å². The van der Waals surface area contributed by atoms with Gasteiger partial charge in [-0.05, 0) is 415 Å². The number of rotatable bonds is 34. The molecule has 0 heterocycles. The van der Waals surface area contributed by atoms with Crippen molar-refractivity contribution < 1.29 is 0 Å². The van der Waals surface area contributed by atoms with Crippen molar-refractivity contribution >= 4 is 184 Å². The maximum absolute atomic E-state index is 2.77. The van der Waals surface area contributed by atoms with E-state index in [0.29, 0.717) is 0 Å². The van der Waals surface area contributed by atoms with E-state index < -0.39 is 16.1 Å². The van der Waals surface area contributed by atoms with Gasteiger partial charge in [-0.15, -0.1) is 0 Å². The quantitative estimate of drug-likeness (QED) is 0.0214. The van der Waals surface area contributed by atoms with Crippen LogP contribution in [0.1, 0.15) is 336 Å². The fourth-order valence-corrected chi connectivity index (χ4v) is 25.1. The number of benzene rings is 7. The van der Waals surface area contributed by atoms with Gasteiger partial charge >= 0.3 is 0 Å². The minimum atomic E-state index is -1.39. The molecule has 0 N–H and O–H groups in total. The summed E-state index contributed by atoms with van der Waals surface area (Å²) in [6, 6.07) is 10.3. The fraction of sp³-hybridized carbons (Fsp3) is 0.592. The normalized spacial score (nSPS) is 14.0. The first-order chi connectivity index (χ1) is 50.8. The van der Waals surface area contributed by atoms with Crippen molar-refractivity contribution in [2.75, 3.05) is 0 Å². The van der Waals surface area contributed by atoms with Gasteiger partial charge in [0.25, 0.3) is 0 Å². The summed E-state index contributed by atoms with van der Waals surface area (Å²) in [6.45, 7) is 53.1. The van der Waals surface area contributed by atoms with Crippen LogP contribution in [0.3, 0.4) is 0 Å². The molecule has 0 aliphatic heterocycles. The minimum absolute atomic E-state index is 1.11. The lowest BCUT2D eigenvalue weighted by molar-refractivity contribution is 0.771. The molecule has 0 fully saturated rings. The third-order valence-electron chi connectivity index (χ3n) is 23.1. The predicted molar refractivity (Wildman–Crippen MR) is 535 cm³/mol. The second kappa shape index (κ2) is 44.1. The first-order valence-electron chi connectivity index (χ1n) is 43.2. The molecule has 0 saturated heterocycles. The standard InChI is InChI=1S/C46H62I2.C30H50I2Si2.C22H30I2/c1-9-17-29-30(18-10-2)34(22-14-6)38-26-42-41(25-37(38)33(29)21-13-5)45(47)43-27-39-35(23-15-7)31(19-11-3)32(20-12-4)36(24-16-8)40(39)28-44(43)46(42)48;1-11-15-21-22(16-12-2)24(18-14-4)26-20-28(30(32)34(8,9)10)27(29(31)33(5,6)7)19-25(26)23(21)17-13-3;1-5-9-15-16(10-6-2)18(12-8-4)20-14-22(24)21(23)13-19(20)17(15)11-7-3/h25-26H,9-24,27-28H2,1-8H3;11-20H2,1-10H3;13-14H,5-12H2,1-4H3/b;29-27+,30-28+;. The van der Waals surface area contributed by atoms with Crippen LogP contribution in [0.4, 0.5) is 0 Å². The Morgan fingerprint density at radius 1 is 0.226 bits per heavy atom. The van der Waals surface area contributed by atoms with E-state index >= 15 is 0 Å². The van der Waals surface area contributed by atoms with Gasteiger partial charge < -0.3 is 0 Å². The summed E-state index contributed by atoms with van der Waals surface area (Å²) in [5.74, 6) is 0. The van der Waals surface area contributed by atoms with Crippen LogP contribution in [-0.2, 0) is 128 Å². The molecule has 7 aromatic carbocycles. The number of fused-ring (bicyclic) bond motifs is 6. The van der Waals surface area contributed by atoms with E-state index in [0.717, 1.165) is 12.8 Å². The van der Waals surface area contributed by atoms with Crippen molar-refractivity contribution in [3.63, 3.8) is 0 Å². The van der Waals surface area contributed by atoms with Crippen molar-refractivity contribution in [3.05, 3.63) is 178 Å². The van der Waals surface area contributed by atoms with Crippen molar-refractivity contribution in [2.45, 2.75) is 381 Å². The minimum Gasteiger partial charge on any atom is -0.0652 e. The van der Waals surface area contributed by atoms with E-state index in [2.05, 4.69) is 310 Å². The molecule has 106 heavy (non-hydrogen) atoms. The highest BCUT2D eigenvalue weighted by Crippen LogP contribution is 2.49. The van der Waals surface area contributed by atoms with Crippen LogP contribution in [-0.4, -0.2) is 16.1 Å². The molecule has 2 aliphatic carbocycles.